The molecule has 2 aliphatic rings. The number of fused-ring (bicyclic) bond motifs is 1. The van der Waals surface area contributed by atoms with Crippen LogP contribution in [0.2, 0.25) is 0 Å². The standard InChI is InChI=1S/C22H25N5O5S/c1-13-8-17(26-9-14(10-26)25-32-12-15-4-2-3-6-31-15)24-20-18(13)19(28)16(21(29)30)11-27(20)22-23-5-7-33-22/h5,7-8,11,14-15,25H,2-4,6,9-10,12H2,1H3,(H,29,30)/t15-/m0/s1. The highest BCUT2D eigenvalue weighted by Gasteiger charge is 2.30. The Kier molecular flexibility index (Phi) is 6.11. The highest BCUT2D eigenvalue weighted by molar-refractivity contribution is 7.12. The molecule has 174 valence electrons. The van der Waals surface area contributed by atoms with Gasteiger partial charge in [0.2, 0.25) is 5.43 Å². The van der Waals surface area contributed by atoms with Crippen molar-refractivity contribution in [2.45, 2.75) is 38.3 Å². The molecule has 10 nitrogen and oxygen atoms in total. The highest BCUT2D eigenvalue weighted by Crippen LogP contribution is 2.26. The average molecular weight is 472 g/mol. The van der Waals surface area contributed by atoms with Crippen molar-refractivity contribution in [1.82, 2.24) is 20.0 Å². The summed E-state index contributed by atoms with van der Waals surface area (Å²) in [5, 5.41) is 12.2. The maximum absolute atomic E-state index is 12.9. The Morgan fingerprint density at radius 1 is 1.39 bits per heavy atom. The van der Waals surface area contributed by atoms with E-state index in [4.69, 9.17) is 14.6 Å². The van der Waals surface area contributed by atoms with Gasteiger partial charge in [-0.05, 0) is 37.8 Å². The zero-order chi connectivity index (χ0) is 22.9. The summed E-state index contributed by atoms with van der Waals surface area (Å²) in [6.07, 6.45) is 6.43. The van der Waals surface area contributed by atoms with Crippen LogP contribution < -0.4 is 15.8 Å². The van der Waals surface area contributed by atoms with Gasteiger partial charge in [0, 0.05) is 37.5 Å². The van der Waals surface area contributed by atoms with E-state index in [0.29, 0.717) is 41.4 Å². The van der Waals surface area contributed by atoms with Crippen molar-refractivity contribution in [3.05, 3.63) is 45.2 Å². The van der Waals surface area contributed by atoms with E-state index < -0.39 is 11.4 Å². The van der Waals surface area contributed by atoms with Crippen LogP contribution in [0.25, 0.3) is 16.2 Å². The molecular formula is C22H25N5O5S. The van der Waals surface area contributed by atoms with Crippen LogP contribution >= 0.6 is 11.3 Å². The van der Waals surface area contributed by atoms with Crippen molar-refractivity contribution >= 4 is 34.2 Å². The van der Waals surface area contributed by atoms with E-state index in [2.05, 4.69) is 15.4 Å². The number of nitrogens with zero attached hydrogens (tertiary/aromatic N) is 4. The van der Waals surface area contributed by atoms with Gasteiger partial charge in [0.05, 0.1) is 24.1 Å². The number of nitrogens with one attached hydrogen (secondary N) is 1. The Hall–Kier alpha value is -2.86. The summed E-state index contributed by atoms with van der Waals surface area (Å²) in [7, 11) is 0. The van der Waals surface area contributed by atoms with Crippen molar-refractivity contribution < 1.29 is 19.5 Å². The average Bonchev–Trinajstić information content (AvgIpc) is 3.30. The van der Waals surface area contributed by atoms with E-state index in [1.165, 1.54) is 24.0 Å². The van der Waals surface area contributed by atoms with Crippen molar-refractivity contribution in [2.24, 2.45) is 0 Å². The Morgan fingerprint density at radius 3 is 2.94 bits per heavy atom. The molecule has 0 radical (unpaired) electrons. The second-order valence-corrected chi connectivity index (χ2v) is 9.25. The normalized spacial score (nSPS) is 19.1. The summed E-state index contributed by atoms with van der Waals surface area (Å²) in [5.41, 5.74) is 3.34. The number of hydroxylamine groups is 1. The smallest absolute Gasteiger partial charge is 0.341 e. The van der Waals surface area contributed by atoms with E-state index in [0.717, 1.165) is 25.3 Å². The first-order valence-corrected chi connectivity index (χ1v) is 11.8. The molecule has 0 aliphatic carbocycles. The molecule has 1 atom stereocenters. The van der Waals surface area contributed by atoms with Crippen LogP contribution in [0, 0.1) is 6.92 Å². The van der Waals surface area contributed by atoms with Crippen LogP contribution in [-0.2, 0) is 9.57 Å². The molecule has 2 fully saturated rings. The van der Waals surface area contributed by atoms with E-state index >= 15 is 0 Å². The van der Waals surface area contributed by atoms with Crippen LogP contribution in [-0.4, -0.2) is 64.1 Å². The number of aromatic nitrogens is 3. The molecule has 0 saturated carbocycles. The predicted molar refractivity (Wildman–Crippen MR) is 123 cm³/mol. The molecule has 0 bridgehead atoms. The number of rotatable bonds is 7. The number of pyridine rings is 2. The largest absolute Gasteiger partial charge is 0.477 e. The van der Waals surface area contributed by atoms with Gasteiger partial charge in [-0.15, -0.1) is 11.3 Å². The number of anilines is 1. The van der Waals surface area contributed by atoms with Crippen LogP contribution in [0.1, 0.15) is 35.2 Å². The number of aromatic carboxylic acids is 1. The van der Waals surface area contributed by atoms with E-state index in [1.54, 1.807) is 23.1 Å². The third-order valence-electron chi connectivity index (χ3n) is 6.00. The van der Waals surface area contributed by atoms with Crippen molar-refractivity contribution in [3.63, 3.8) is 0 Å². The molecule has 5 rings (SSSR count). The minimum atomic E-state index is -1.27. The third-order valence-corrected chi connectivity index (χ3v) is 6.77. The van der Waals surface area contributed by atoms with Gasteiger partial charge in [-0.25, -0.2) is 14.8 Å². The van der Waals surface area contributed by atoms with Gasteiger partial charge in [-0.3, -0.25) is 14.2 Å². The molecule has 3 aromatic rings. The molecule has 3 aromatic heterocycles. The lowest BCUT2D eigenvalue weighted by atomic mass is 10.1. The Labute approximate surface area is 193 Å². The summed E-state index contributed by atoms with van der Waals surface area (Å²) in [6, 6.07) is 2.00. The van der Waals surface area contributed by atoms with Gasteiger partial charge in [0.1, 0.15) is 11.4 Å². The maximum atomic E-state index is 12.9. The fourth-order valence-electron chi connectivity index (χ4n) is 4.21. The first-order chi connectivity index (χ1) is 16.0. The second-order valence-electron chi connectivity index (χ2n) is 8.38. The number of carboxylic acid groups (broad SMARTS) is 1. The summed E-state index contributed by atoms with van der Waals surface area (Å²) >= 11 is 1.34. The second kappa shape index (κ2) is 9.18. The lowest BCUT2D eigenvalue weighted by Crippen LogP contribution is -2.58. The molecule has 0 spiro atoms. The lowest BCUT2D eigenvalue weighted by molar-refractivity contribution is -0.0799. The van der Waals surface area contributed by atoms with Crippen molar-refractivity contribution in [3.8, 4) is 5.13 Å². The fourth-order valence-corrected chi connectivity index (χ4v) is 4.83. The lowest BCUT2D eigenvalue weighted by Gasteiger charge is -2.40. The number of thiazole rings is 1. The zero-order valence-electron chi connectivity index (χ0n) is 18.2. The molecule has 2 N–H and O–H groups in total. The Bertz CT molecular complexity index is 1220. The Morgan fingerprint density at radius 2 is 2.24 bits per heavy atom. The summed E-state index contributed by atoms with van der Waals surface area (Å²) < 4.78 is 7.26. The molecule has 0 amide bonds. The van der Waals surface area contributed by atoms with Gasteiger partial charge in [0.15, 0.2) is 10.8 Å². The minimum absolute atomic E-state index is 0.158. The van der Waals surface area contributed by atoms with Crippen molar-refractivity contribution in [1.29, 1.82) is 0 Å². The van der Waals surface area contributed by atoms with Gasteiger partial charge >= 0.3 is 5.97 Å². The van der Waals surface area contributed by atoms with E-state index in [-0.39, 0.29) is 17.7 Å². The first-order valence-electron chi connectivity index (χ1n) is 11.0. The van der Waals surface area contributed by atoms with Gasteiger partial charge < -0.3 is 14.7 Å². The summed E-state index contributed by atoms with van der Waals surface area (Å²) in [6.45, 7) is 4.56. The predicted octanol–water partition coefficient (Wildman–Crippen LogP) is 2.13. The Balaban J connectivity index is 1.36. The van der Waals surface area contributed by atoms with Gasteiger partial charge in [0.25, 0.3) is 0 Å². The summed E-state index contributed by atoms with van der Waals surface area (Å²) in [4.78, 5) is 41.3. The summed E-state index contributed by atoms with van der Waals surface area (Å²) in [5.74, 6) is -0.549. The molecule has 11 heteroatoms. The third kappa shape index (κ3) is 4.36. The molecule has 0 aromatic carbocycles. The highest BCUT2D eigenvalue weighted by atomic mass is 32.1. The van der Waals surface area contributed by atoms with E-state index in [9.17, 15) is 14.7 Å². The topological polar surface area (TPSA) is 119 Å². The molecular weight excluding hydrogens is 446 g/mol. The number of ether oxygens (including phenoxy) is 1. The van der Waals surface area contributed by atoms with Gasteiger partial charge in [-0.1, -0.05) is 0 Å². The monoisotopic (exact) mass is 471 g/mol. The zero-order valence-corrected chi connectivity index (χ0v) is 19.0. The molecule has 2 saturated heterocycles. The van der Waals surface area contributed by atoms with Crippen LogP contribution in [0.3, 0.4) is 0 Å². The number of aryl methyl sites for hydroxylation is 1. The molecule has 0 unspecified atom stereocenters. The molecule has 33 heavy (non-hydrogen) atoms. The molecule has 5 heterocycles. The van der Waals surface area contributed by atoms with E-state index in [1.807, 2.05) is 6.07 Å². The van der Waals surface area contributed by atoms with Gasteiger partial charge in [-0.2, -0.15) is 5.48 Å². The quantitative estimate of drug-likeness (QED) is 0.500. The number of carboxylic acids is 1. The minimum Gasteiger partial charge on any atom is -0.477 e. The first kappa shape index (κ1) is 22.0. The van der Waals surface area contributed by atoms with Crippen LogP contribution in [0.15, 0.2) is 28.6 Å². The number of carbonyl (C=O) groups is 1. The SMILES string of the molecule is Cc1cc(N2CC(NOC[C@@H]3CCCCO3)C2)nc2c1c(=O)c(C(=O)O)cn2-c1nccs1. The molecule has 2 aliphatic heterocycles. The van der Waals surface area contributed by atoms with Crippen LogP contribution in [0.5, 0.6) is 0 Å². The number of hydrogen-bond donors (Lipinski definition) is 2. The number of hydrogen-bond acceptors (Lipinski definition) is 9. The fraction of sp³-hybridized carbons (Fsp3) is 0.455. The maximum Gasteiger partial charge on any atom is 0.341 e. The van der Waals surface area contributed by atoms with Crippen LogP contribution in [0.4, 0.5) is 5.82 Å². The van der Waals surface area contributed by atoms with Crippen molar-refractivity contribution in [2.75, 3.05) is 31.2 Å².